The number of benzene rings is 1. The number of fused-ring (bicyclic) bond motifs is 1. The number of piperidine rings is 1. The summed E-state index contributed by atoms with van der Waals surface area (Å²) in [4.78, 5) is 28.4. The first-order valence-corrected chi connectivity index (χ1v) is 11.0. The van der Waals surface area contributed by atoms with E-state index in [0.29, 0.717) is 23.0 Å². The number of halogens is 1. The lowest BCUT2D eigenvalue weighted by Gasteiger charge is -2.43. The van der Waals surface area contributed by atoms with E-state index in [2.05, 4.69) is 22.4 Å². The first kappa shape index (κ1) is 19.5. The number of likely N-dealkylation sites (tertiary alicyclic amines) is 1. The molecule has 1 aromatic rings. The molecule has 1 aromatic carbocycles. The Hall–Kier alpha value is -1.81. The van der Waals surface area contributed by atoms with Crippen LogP contribution in [0, 0.1) is 23.7 Å². The van der Waals surface area contributed by atoms with E-state index in [0.717, 1.165) is 19.5 Å². The maximum absolute atomic E-state index is 13.3. The Kier molecular flexibility index (Phi) is 6.05. The normalized spacial score (nSPS) is 28.1. The lowest BCUT2D eigenvalue weighted by molar-refractivity contribution is -0.147. The summed E-state index contributed by atoms with van der Waals surface area (Å²) in [6.45, 7) is 1.69. The van der Waals surface area contributed by atoms with Crippen molar-refractivity contribution in [2.75, 3.05) is 18.4 Å². The summed E-state index contributed by atoms with van der Waals surface area (Å²) in [5.41, 5.74) is 0.686. The average Bonchev–Trinajstić information content (AvgIpc) is 2.70. The average molecular weight is 401 g/mol. The van der Waals surface area contributed by atoms with Gasteiger partial charge in [-0.25, -0.2) is 0 Å². The van der Waals surface area contributed by atoms with E-state index in [-0.39, 0.29) is 29.6 Å². The van der Waals surface area contributed by atoms with Crippen LogP contribution in [0.5, 0.6) is 0 Å². The molecule has 1 saturated heterocycles. The predicted molar refractivity (Wildman–Crippen MR) is 112 cm³/mol. The zero-order valence-electron chi connectivity index (χ0n) is 16.3. The summed E-state index contributed by atoms with van der Waals surface area (Å²) in [6, 6.07) is 7.18. The van der Waals surface area contributed by atoms with Crippen molar-refractivity contribution in [3.8, 4) is 0 Å². The molecule has 4 rings (SSSR count). The van der Waals surface area contributed by atoms with E-state index < -0.39 is 0 Å². The smallest absolute Gasteiger partial charge is 0.228 e. The number of hydrogen-bond donors (Lipinski definition) is 1. The second-order valence-electron chi connectivity index (χ2n) is 8.54. The fraction of sp³-hybridized carbons (Fsp3) is 0.565. The number of nitrogens with one attached hydrogen (secondary N) is 1. The molecule has 0 bridgehead atoms. The van der Waals surface area contributed by atoms with E-state index in [1.165, 1.54) is 32.1 Å². The molecule has 2 fully saturated rings. The van der Waals surface area contributed by atoms with Gasteiger partial charge in [-0.1, -0.05) is 49.1 Å². The fourth-order valence-corrected chi connectivity index (χ4v) is 5.35. The minimum atomic E-state index is -0.310. The van der Waals surface area contributed by atoms with E-state index in [1.54, 1.807) is 12.1 Å². The van der Waals surface area contributed by atoms with Gasteiger partial charge in [-0.2, -0.15) is 0 Å². The molecule has 28 heavy (non-hydrogen) atoms. The molecule has 1 heterocycles. The summed E-state index contributed by atoms with van der Waals surface area (Å²) in [7, 11) is 0. The Balaban J connectivity index is 1.46. The van der Waals surface area contributed by atoms with Gasteiger partial charge in [-0.3, -0.25) is 9.59 Å². The molecule has 2 amide bonds. The predicted octanol–water partition coefficient (Wildman–Crippen LogP) is 4.90. The molecule has 2 aliphatic carbocycles. The van der Waals surface area contributed by atoms with Crippen molar-refractivity contribution < 1.29 is 9.59 Å². The van der Waals surface area contributed by atoms with Gasteiger partial charge in [0, 0.05) is 23.8 Å². The van der Waals surface area contributed by atoms with Crippen molar-refractivity contribution in [2.24, 2.45) is 23.7 Å². The Morgan fingerprint density at radius 1 is 1.18 bits per heavy atom. The molecule has 5 heteroatoms. The SMILES string of the molecule is O=C(Nc1cccc(Cl)c1)[C@H]1CC=C[C@H]2CCN(CC3CCCCC3)C(=O)[C@@H]12. The summed E-state index contributed by atoms with van der Waals surface area (Å²) < 4.78 is 0. The first-order chi connectivity index (χ1) is 13.6. The molecule has 0 unspecified atom stereocenters. The van der Waals surface area contributed by atoms with Crippen molar-refractivity contribution in [1.82, 2.24) is 4.90 Å². The number of nitrogens with zero attached hydrogens (tertiary/aromatic N) is 1. The summed E-state index contributed by atoms with van der Waals surface area (Å²) in [6.07, 6.45) is 12.2. The number of carbonyl (C=O) groups is 2. The summed E-state index contributed by atoms with van der Waals surface area (Å²) >= 11 is 6.04. The third-order valence-electron chi connectivity index (χ3n) is 6.63. The van der Waals surface area contributed by atoms with Crippen molar-refractivity contribution in [3.63, 3.8) is 0 Å². The van der Waals surface area contributed by atoms with Gasteiger partial charge in [0.2, 0.25) is 11.8 Å². The van der Waals surface area contributed by atoms with E-state index in [9.17, 15) is 9.59 Å². The highest BCUT2D eigenvalue weighted by atomic mass is 35.5. The van der Waals surface area contributed by atoms with Gasteiger partial charge in [0.05, 0.1) is 11.8 Å². The number of hydrogen-bond acceptors (Lipinski definition) is 2. The summed E-state index contributed by atoms with van der Waals surface area (Å²) in [5, 5.41) is 3.56. The van der Waals surface area contributed by atoms with Crippen molar-refractivity contribution in [1.29, 1.82) is 0 Å². The molecule has 0 radical (unpaired) electrons. The monoisotopic (exact) mass is 400 g/mol. The fourth-order valence-electron chi connectivity index (χ4n) is 5.16. The molecule has 0 spiro atoms. The van der Waals surface area contributed by atoms with Crippen LogP contribution in [-0.4, -0.2) is 29.8 Å². The van der Waals surface area contributed by atoms with Crippen LogP contribution in [0.25, 0.3) is 0 Å². The maximum Gasteiger partial charge on any atom is 0.228 e. The van der Waals surface area contributed by atoms with Crippen LogP contribution in [0.15, 0.2) is 36.4 Å². The Labute approximate surface area is 172 Å². The summed E-state index contributed by atoms with van der Waals surface area (Å²) in [5.74, 6) is 0.371. The van der Waals surface area contributed by atoms with E-state index in [1.807, 2.05) is 12.1 Å². The van der Waals surface area contributed by atoms with Gasteiger partial charge in [0.15, 0.2) is 0 Å². The first-order valence-electron chi connectivity index (χ1n) is 10.6. The minimum absolute atomic E-state index is 0.0746. The largest absolute Gasteiger partial charge is 0.342 e. The molecular formula is C23H29ClN2O2. The Bertz CT molecular complexity index is 757. The number of anilines is 1. The lowest BCUT2D eigenvalue weighted by atomic mass is 9.71. The second kappa shape index (κ2) is 8.69. The van der Waals surface area contributed by atoms with Crippen LogP contribution in [0.2, 0.25) is 5.02 Å². The number of amides is 2. The van der Waals surface area contributed by atoms with Gasteiger partial charge in [-0.05, 0) is 55.7 Å². The van der Waals surface area contributed by atoms with Crippen LogP contribution in [0.1, 0.15) is 44.9 Å². The highest BCUT2D eigenvalue weighted by Gasteiger charge is 2.44. The third-order valence-corrected chi connectivity index (χ3v) is 6.86. The van der Waals surface area contributed by atoms with E-state index >= 15 is 0 Å². The number of rotatable bonds is 4. The van der Waals surface area contributed by atoms with Crippen LogP contribution >= 0.6 is 11.6 Å². The lowest BCUT2D eigenvalue weighted by Crippen LogP contribution is -2.52. The van der Waals surface area contributed by atoms with Gasteiger partial charge in [0.1, 0.15) is 0 Å². The maximum atomic E-state index is 13.3. The number of carbonyl (C=O) groups excluding carboxylic acids is 2. The van der Waals surface area contributed by atoms with Crippen molar-refractivity contribution in [2.45, 2.75) is 44.9 Å². The molecule has 4 nitrogen and oxygen atoms in total. The standard InChI is InChI=1S/C23H29ClN2O2/c24-18-9-5-10-19(14-18)25-22(27)20-11-4-8-17-12-13-26(23(28)21(17)20)15-16-6-2-1-3-7-16/h4-5,8-10,14,16-17,20-21H,1-3,6-7,11-13,15H2,(H,25,27)/t17-,20-,21+/m0/s1. The van der Waals surface area contributed by atoms with Crippen LogP contribution < -0.4 is 5.32 Å². The minimum Gasteiger partial charge on any atom is -0.342 e. The molecule has 1 saturated carbocycles. The van der Waals surface area contributed by atoms with Crippen LogP contribution in [0.4, 0.5) is 5.69 Å². The zero-order valence-corrected chi connectivity index (χ0v) is 17.0. The quantitative estimate of drug-likeness (QED) is 0.731. The Morgan fingerprint density at radius 2 is 2.00 bits per heavy atom. The van der Waals surface area contributed by atoms with Gasteiger partial charge in [0.25, 0.3) is 0 Å². The zero-order chi connectivity index (χ0) is 19.5. The van der Waals surface area contributed by atoms with E-state index in [4.69, 9.17) is 11.6 Å². The molecule has 3 atom stereocenters. The van der Waals surface area contributed by atoms with Crippen LogP contribution in [0.3, 0.4) is 0 Å². The molecule has 1 N–H and O–H groups in total. The highest BCUT2D eigenvalue weighted by molar-refractivity contribution is 6.30. The van der Waals surface area contributed by atoms with Gasteiger partial charge < -0.3 is 10.2 Å². The van der Waals surface area contributed by atoms with Crippen molar-refractivity contribution in [3.05, 3.63) is 41.4 Å². The van der Waals surface area contributed by atoms with Crippen molar-refractivity contribution >= 4 is 29.1 Å². The topological polar surface area (TPSA) is 49.4 Å². The third kappa shape index (κ3) is 4.27. The van der Waals surface area contributed by atoms with Gasteiger partial charge >= 0.3 is 0 Å². The molecular weight excluding hydrogens is 372 g/mol. The molecule has 1 aliphatic heterocycles. The van der Waals surface area contributed by atoms with Gasteiger partial charge in [-0.15, -0.1) is 0 Å². The second-order valence-corrected chi connectivity index (χ2v) is 8.97. The molecule has 0 aromatic heterocycles. The Morgan fingerprint density at radius 3 is 2.79 bits per heavy atom. The molecule has 3 aliphatic rings. The highest BCUT2D eigenvalue weighted by Crippen LogP contribution is 2.39. The van der Waals surface area contributed by atoms with Crippen LogP contribution in [-0.2, 0) is 9.59 Å². The molecule has 150 valence electrons. The number of allylic oxidation sites excluding steroid dienone is 2.